The van der Waals surface area contributed by atoms with Crippen molar-refractivity contribution in [2.24, 2.45) is 10.4 Å². The molecule has 0 aliphatic carbocycles. The summed E-state index contributed by atoms with van der Waals surface area (Å²) in [5, 5.41) is 18.2. The van der Waals surface area contributed by atoms with Gasteiger partial charge in [-0.1, -0.05) is 19.9 Å². The molecule has 3 N–H and O–H groups in total. The second-order valence-electron chi connectivity index (χ2n) is 6.92. The third kappa shape index (κ3) is 5.86. The van der Waals surface area contributed by atoms with E-state index in [0.717, 1.165) is 38.5 Å². The van der Waals surface area contributed by atoms with Gasteiger partial charge in [0.2, 0.25) is 0 Å². The largest absolute Gasteiger partial charge is 0.396 e. The molecule has 138 valence electrons. The van der Waals surface area contributed by atoms with E-state index in [1.807, 2.05) is 0 Å². The maximum atomic E-state index is 9.30. The molecule has 0 spiro atoms. The van der Waals surface area contributed by atoms with Crippen LogP contribution in [0.25, 0.3) is 0 Å². The zero-order chi connectivity index (χ0) is 16.8. The van der Waals surface area contributed by atoms with Gasteiger partial charge in [0.15, 0.2) is 5.96 Å². The topological polar surface area (TPSA) is 65.9 Å². The maximum absolute atomic E-state index is 9.30. The van der Waals surface area contributed by atoms with Gasteiger partial charge in [-0.2, -0.15) is 0 Å². The van der Waals surface area contributed by atoms with Crippen molar-refractivity contribution < 1.29 is 9.84 Å². The molecule has 1 aliphatic heterocycles. The fourth-order valence-corrected chi connectivity index (χ4v) is 3.71. The van der Waals surface area contributed by atoms with Crippen LogP contribution in [0.15, 0.2) is 22.5 Å². The Labute approximate surface area is 166 Å². The van der Waals surface area contributed by atoms with Gasteiger partial charge < -0.3 is 20.5 Å². The van der Waals surface area contributed by atoms with Gasteiger partial charge in [0.25, 0.3) is 0 Å². The number of guanidine groups is 1. The van der Waals surface area contributed by atoms with Gasteiger partial charge in [-0.3, -0.25) is 4.99 Å². The monoisotopic (exact) mass is 467 g/mol. The fraction of sp³-hybridized carbons (Fsp3) is 0.706. The Balaban J connectivity index is 0.00000288. The zero-order valence-corrected chi connectivity index (χ0v) is 17.9. The van der Waals surface area contributed by atoms with E-state index < -0.39 is 0 Å². The lowest BCUT2D eigenvalue weighted by atomic mass is 9.84. The summed E-state index contributed by atoms with van der Waals surface area (Å²) < 4.78 is 5.53. The number of aliphatic imine (C=N–C) groups is 1. The van der Waals surface area contributed by atoms with Crippen molar-refractivity contribution in [3.05, 3.63) is 22.4 Å². The van der Waals surface area contributed by atoms with Crippen LogP contribution in [0.4, 0.5) is 0 Å². The molecule has 0 saturated carbocycles. The first kappa shape index (κ1) is 21.7. The van der Waals surface area contributed by atoms with Crippen molar-refractivity contribution in [1.82, 2.24) is 10.6 Å². The van der Waals surface area contributed by atoms with Gasteiger partial charge in [0.1, 0.15) is 0 Å². The highest BCUT2D eigenvalue weighted by atomic mass is 127. The molecule has 5 nitrogen and oxygen atoms in total. The molecule has 1 unspecified atom stereocenters. The van der Waals surface area contributed by atoms with E-state index in [0.29, 0.717) is 6.61 Å². The van der Waals surface area contributed by atoms with E-state index in [4.69, 9.17) is 4.74 Å². The molecule has 0 radical (unpaired) electrons. The van der Waals surface area contributed by atoms with Crippen LogP contribution in [-0.2, 0) is 10.2 Å². The second-order valence-corrected chi connectivity index (χ2v) is 7.86. The lowest BCUT2D eigenvalue weighted by Crippen LogP contribution is -2.47. The van der Waals surface area contributed by atoms with E-state index in [2.05, 4.69) is 47.0 Å². The first-order chi connectivity index (χ1) is 11.0. The van der Waals surface area contributed by atoms with E-state index in [-0.39, 0.29) is 41.4 Å². The molecule has 1 saturated heterocycles. The molecule has 0 aromatic carbocycles. The molecule has 2 heterocycles. The number of aliphatic hydroxyl groups excluding tert-OH is 1. The highest BCUT2D eigenvalue weighted by Gasteiger charge is 2.34. The van der Waals surface area contributed by atoms with Crippen LogP contribution >= 0.6 is 35.3 Å². The van der Waals surface area contributed by atoms with Gasteiger partial charge in [-0.05, 0) is 24.3 Å². The maximum Gasteiger partial charge on any atom is 0.191 e. The first-order valence-corrected chi connectivity index (χ1v) is 9.06. The van der Waals surface area contributed by atoms with Crippen molar-refractivity contribution in [2.75, 3.05) is 40.0 Å². The Morgan fingerprint density at radius 3 is 2.79 bits per heavy atom. The quantitative estimate of drug-likeness (QED) is 0.328. The first-order valence-electron chi connectivity index (χ1n) is 8.18. The van der Waals surface area contributed by atoms with E-state index in [1.54, 1.807) is 18.4 Å². The minimum atomic E-state index is 0. The summed E-state index contributed by atoms with van der Waals surface area (Å²) in [5.41, 5.74) is 0.0840. The number of nitrogens with one attached hydrogen (secondary N) is 2. The van der Waals surface area contributed by atoms with Gasteiger partial charge in [0.05, 0.1) is 6.61 Å². The highest BCUT2D eigenvalue weighted by Crippen LogP contribution is 2.31. The lowest BCUT2D eigenvalue weighted by Gasteiger charge is -2.29. The molecule has 1 atom stereocenters. The standard InChI is InChI=1S/C17H29N3O2S.HI/c1-16(2,14-5-4-10-23-14)11-19-15(18-3)20-12-17(6-8-21)7-9-22-13-17;/h4-5,10,21H,6-9,11-13H2,1-3H3,(H2,18,19,20);1H. The summed E-state index contributed by atoms with van der Waals surface area (Å²) in [5.74, 6) is 0.804. The highest BCUT2D eigenvalue weighted by molar-refractivity contribution is 14.0. The van der Waals surface area contributed by atoms with Gasteiger partial charge in [-0.15, -0.1) is 35.3 Å². The Bertz CT molecular complexity index is 500. The number of rotatable bonds is 7. The molecular weight excluding hydrogens is 437 g/mol. The van der Waals surface area contributed by atoms with Crippen molar-refractivity contribution in [2.45, 2.75) is 32.1 Å². The third-order valence-corrected chi connectivity index (χ3v) is 5.80. The molecule has 24 heavy (non-hydrogen) atoms. The number of halogens is 1. The number of hydrogen-bond donors (Lipinski definition) is 3. The number of aliphatic hydroxyl groups is 1. The molecule has 1 aromatic rings. The van der Waals surface area contributed by atoms with Crippen LogP contribution in [0.1, 0.15) is 31.6 Å². The summed E-state index contributed by atoms with van der Waals surface area (Å²) in [6.45, 7) is 7.73. The van der Waals surface area contributed by atoms with Crippen LogP contribution in [0.2, 0.25) is 0 Å². The van der Waals surface area contributed by atoms with Crippen LogP contribution in [0.3, 0.4) is 0 Å². The van der Waals surface area contributed by atoms with E-state index in [1.165, 1.54) is 4.88 Å². The molecule has 1 aliphatic rings. The molecule has 0 bridgehead atoms. The molecule has 7 heteroatoms. The molecule has 1 aromatic heterocycles. The average Bonchev–Trinajstić information content (AvgIpc) is 3.20. The predicted octanol–water partition coefficient (Wildman–Crippen LogP) is 2.60. The number of hydrogen-bond acceptors (Lipinski definition) is 4. The van der Waals surface area contributed by atoms with Crippen molar-refractivity contribution >= 4 is 41.3 Å². The van der Waals surface area contributed by atoms with Crippen LogP contribution in [0, 0.1) is 5.41 Å². The minimum absolute atomic E-state index is 0. The second kappa shape index (κ2) is 9.94. The summed E-state index contributed by atoms with van der Waals surface area (Å²) in [4.78, 5) is 5.68. The SMILES string of the molecule is CN=C(NCC1(CCO)CCOC1)NCC(C)(C)c1cccs1.I. The minimum Gasteiger partial charge on any atom is -0.396 e. The molecule has 1 fully saturated rings. The normalized spacial score (nSPS) is 21.4. The van der Waals surface area contributed by atoms with Crippen LogP contribution < -0.4 is 10.6 Å². The van der Waals surface area contributed by atoms with Crippen molar-refractivity contribution in [1.29, 1.82) is 0 Å². The Morgan fingerprint density at radius 2 is 2.25 bits per heavy atom. The van der Waals surface area contributed by atoms with Crippen molar-refractivity contribution in [3.8, 4) is 0 Å². The van der Waals surface area contributed by atoms with Crippen LogP contribution in [-0.4, -0.2) is 51.0 Å². The molecular formula is C17H30IN3O2S. The number of thiophene rings is 1. The predicted molar refractivity (Wildman–Crippen MR) is 112 cm³/mol. The van der Waals surface area contributed by atoms with Gasteiger partial charge >= 0.3 is 0 Å². The van der Waals surface area contributed by atoms with E-state index in [9.17, 15) is 5.11 Å². The summed E-state index contributed by atoms with van der Waals surface area (Å²) in [6.07, 6.45) is 1.75. The summed E-state index contributed by atoms with van der Waals surface area (Å²) in [6, 6.07) is 4.27. The average molecular weight is 467 g/mol. The summed E-state index contributed by atoms with van der Waals surface area (Å²) >= 11 is 1.78. The number of ether oxygens (including phenoxy) is 1. The Hall–Kier alpha value is -0.380. The lowest BCUT2D eigenvalue weighted by molar-refractivity contribution is 0.127. The third-order valence-electron chi connectivity index (χ3n) is 4.57. The van der Waals surface area contributed by atoms with E-state index >= 15 is 0 Å². The Kier molecular flexibility index (Phi) is 8.97. The fourth-order valence-electron chi connectivity index (χ4n) is 2.86. The molecule has 2 rings (SSSR count). The van der Waals surface area contributed by atoms with Gasteiger partial charge in [0, 0.05) is 49.1 Å². The smallest absolute Gasteiger partial charge is 0.191 e. The zero-order valence-electron chi connectivity index (χ0n) is 14.8. The van der Waals surface area contributed by atoms with Crippen molar-refractivity contribution in [3.63, 3.8) is 0 Å². The Morgan fingerprint density at radius 1 is 1.46 bits per heavy atom. The molecule has 0 amide bonds. The number of nitrogens with zero attached hydrogens (tertiary/aromatic N) is 1. The van der Waals surface area contributed by atoms with Gasteiger partial charge in [-0.25, -0.2) is 0 Å². The summed E-state index contributed by atoms with van der Waals surface area (Å²) in [7, 11) is 1.79. The van der Waals surface area contributed by atoms with Crippen LogP contribution in [0.5, 0.6) is 0 Å².